The summed E-state index contributed by atoms with van der Waals surface area (Å²) in [5, 5.41) is 5.89. The summed E-state index contributed by atoms with van der Waals surface area (Å²) < 4.78 is 7.72. The van der Waals surface area contributed by atoms with Crippen molar-refractivity contribution in [2.45, 2.75) is 44.8 Å². The first-order chi connectivity index (χ1) is 10.3. The zero-order valence-electron chi connectivity index (χ0n) is 12.4. The summed E-state index contributed by atoms with van der Waals surface area (Å²) in [7, 11) is 0. The predicted octanol–water partition coefficient (Wildman–Crippen LogP) is 1.31. The molecule has 0 spiro atoms. The molecule has 1 saturated heterocycles. The molecule has 3 rings (SSSR count). The minimum absolute atomic E-state index is 0.0653. The van der Waals surface area contributed by atoms with Gasteiger partial charge in [0.25, 0.3) is 0 Å². The van der Waals surface area contributed by atoms with Gasteiger partial charge in [-0.15, -0.1) is 0 Å². The van der Waals surface area contributed by atoms with Crippen molar-refractivity contribution in [3.8, 4) is 0 Å². The van der Waals surface area contributed by atoms with Crippen LogP contribution in [0.1, 0.15) is 31.5 Å². The number of amides is 2. The lowest BCUT2D eigenvalue weighted by molar-refractivity contribution is 0.104. The number of carbonyl (C=O) groups is 1. The van der Waals surface area contributed by atoms with Gasteiger partial charge in [0.2, 0.25) is 0 Å². The smallest absolute Gasteiger partial charge is 0.314 e. The predicted molar refractivity (Wildman–Crippen MR) is 79.0 cm³/mol. The number of ether oxygens (including phenoxy) is 1. The summed E-state index contributed by atoms with van der Waals surface area (Å²) in [5.74, 6) is 1.66. The number of nitrogens with one attached hydrogen (secondary N) is 2. The summed E-state index contributed by atoms with van der Waals surface area (Å²) in [6, 6.07) is -0.0653. The van der Waals surface area contributed by atoms with Crippen molar-refractivity contribution in [3.63, 3.8) is 0 Å². The maximum Gasteiger partial charge on any atom is 0.314 e. The van der Waals surface area contributed by atoms with E-state index in [0.29, 0.717) is 18.6 Å². The number of imidazole rings is 1. The van der Waals surface area contributed by atoms with E-state index in [9.17, 15) is 4.79 Å². The molecule has 6 heteroatoms. The highest BCUT2D eigenvalue weighted by Gasteiger charge is 2.19. The van der Waals surface area contributed by atoms with Crippen LogP contribution in [-0.2, 0) is 17.7 Å². The number of fused-ring (bicyclic) bond motifs is 1. The van der Waals surface area contributed by atoms with Gasteiger partial charge in [-0.25, -0.2) is 9.78 Å². The van der Waals surface area contributed by atoms with E-state index in [1.54, 1.807) is 0 Å². The van der Waals surface area contributed by atoms with Gasteiger partial charge in [0.05, 0.1) is 6.10 Å². The first-order valence-corrected chi connectivity index (χ1v) is 7.94. The largest absolute Gasteiger partial charge is 0.378 e. The van der Waals surface area contributed by atoms with Gasteiger partial charge in [-0.05, 0) is 31.6 Å². The van der Waals surface area contributed by atoms with Crippen LogP contribution in [0.5, 0.6) is 0 Å². The highest BCUT2D eigenvalue weighted by Crippen LogP contribution is 2.18. The first-order valence-electron chi connectivity index (χ1n) is 7.94. The van der Waals surface area contributed by atoms with Crippen LogP contribution in [0, 0.1) is 5.92 Å². The second kappa shape index (κ2) is 6.93. The Morgan fingerprint density at radius 3 is 3.24 bits per heavy atom. The lowest BCUT2D eigenvalue weighted by Crippen LogP contribution is -2.40. The van der Waals surface area contributed by atoms with Crippen molar-refractivity contribution in [3.05, 3.63) is 18.2 Å². The molecule has 1 fully saturated rings. The minimum atomic E-state index is -0.0653. The molecule has 3 heterocycles. The Labute approximate surface area is 125 Å². The SMILES string of the molecule is O=C(NCC[C@@H]1CCCO1)NC[C@@H]1CCc2nccn2C1. The van der Waals surface area contributed by atoms with Gasteiger partial charge >= 0.3 is 6.03 Å². The van der Waals surface area contributed by atoms with E-state index in [1.807, 2.05) is 12.4 Å². The molecule has 1 aromatic rings. The van der Waals surface area contributed by atoms with Crippen molar-refractivity contribution < 1.29 is 9.53 Å². The molecule has 2 N–H and O–H groups in total. The fourth-order valence-corrected chi connectivity index (χ4v) is 3.12. The van der Waals surface area contributed by atoms with Crippen LogP contribution in [0.2, 0.25) is 0 Å². The third-order valence-corrected chi connectivity index (χ3v) is 4.36. The molecular formula is C15H24N4O2. The molecule has 2 amide bonds. The Hall–Kier alpha value is -1.56. The number of rotatable bonds is 5. The molecule has 0 aliphatic carbocycles. The van der Waals surface area contributed by atoms with Crippen molar-refractivity contribution in [1.82, 2.24) is 20.2 Å². The Balaban J connectivity index is 1.31. The highest BCUT2D eigenvalue weighted by atomic mass is 16.5. The third-order valence-electron chi connectivity index (χ3n) is 4.36. The van der Waals surface area contributed by atoms with E-state index in [-0.39, 0.29) is 6.03 Å². The van der Waals surface area contributed by atoms with Crippen molar-refractivity contribution in [2.75, 3.05) is 19.7 Å². The molecule has 2 aliphatic rings. The van der Waals surface area contributed by atoms with Crippen LogP contribution in [0.4, 0.5) is 4.79 Å². The average molecular weight is 292 g/mol. The van der Waals surface area contributed by atoms with Crippen LogP contribution < -0.4 is 10.6 Å². The normalized spacial score (nSPS) is 24.6. The van der Waals surface area contributed by atoms with Crippen molar-refractivity contribution >= 4 is 6.03 Å². The molecule has 0 aromatic carbocycles. The zero-order chi connectivity index (χ0) is 14.5. The Kier molecular flexibility index (Phi) is 4.75. The highest BCUT2D eigenvalue weighted by molar-refractivity contribution is 5.73. The summed E-state index contributed by atoms with van der Waals surface area (Å²) in [6.45, 7) is 3.23. The van der Waals surface area contributed by atoms with Gasteiger partial charge in [0.1, 0.15) is 5.82 Å². The Morgan fingerprint density at radius 1 is 1.43 bits per heavy atom. The quantitative estimate of drug-likeness (QED) is 0.860. The van der Waals surface area contributed by atoms with Crippen molar-refractivity contribution in [1.29, 1.82) is 0 Å². The lowest BCUT2D eigenvalue weighted by atomic mass is 9.99. The van der Waals surface area contributed by atoms with Gasteiger partial charge in [0.15, 0.2) is 0 Å². The van der Waals surface area contributed by atoms with E-state index >= 15 is 0 Å². The zero-order valence-corrected chi connectivity index (χ0v) is 12.4. The van der Waals surface area contributed by atoms with Gasteiger partial charge in [0, 0.05) is 45.1 Å². The molecule has 0 unspecified atom stereocenters. The number of hydrogen-bond donors (Lipinski definition) is 2. The summed E-state index contributed by atoms with van der Waals surface area (Å²) in [4.78, 5) is 16.1. The molecule has 0 bridgehead atoms. The molecule has 6 nitrogen and oxygen atoms in total. The molecule has 2 aliphatic heterocycles. The van der Waals surface area contributed by atoms with Gasteiger partial charge in [-0.1, -0.05) is 0 Å². The van der Waals surface area contributed by atoms with Crippen LogP contribution >= 0.6 is 0 Å². The summed E-state index contributed by atoms with van der Waals surface area (Å²) >= 11 is 0. The molecule has 0 saturated carbocycles. The number of carbonyl (C=O) groups excluding carboxylic acids is 1. The van der Waals surface area contributed by atoms with E-state index in [1.165, 1.54) is 0 Å². The third kappa shape index (κ3) is 3.97. The maximum atomic E-state index is 11.8. The monoisotopic (exact) mass is 292 g/mol. The standard InChI is InChI=1S/C15H24N4O2/c20-15(17-6-5-13-2-1-9-21-13)18-10-12-3-4-14-16-7-8-19(14)11-12/h7-8,12-13H,1-6,9-11H2,(H2,17,18,20)/t12-,13-/m0/s1. The number of nitrogens with zero attached hydrogens (tertiary/aromatic N) is 2. The second-order valence-corrected chi connectivity index (χ2v) is 5.96. The number of aromatic nitrogens is 2. The average Bonchev–Trinajstić information content (AvgIpc) is 3.15. The fourth-order valence-electron chi connectivity index (χ4n) is 3.12. The van der Waals surface area contributed by atoms with Crippen molar-refractivity contribution in [2.24, 2.45) is 5.92 Å². The topological polar surface area (TPSA) is 68.2 Å². The second-order valence-electron chi connectivity index (χ2n) is 5.96. The Morgan fingerprint density at radius 2 is 2.38 bits per heavy atom. The van der Waals surface area contributed by atoms with Crippen LogP contribution in [0.25, 0.3) is 0 Å². The van der Waals surface area contributed by atoms with Gasteiger partial charge < -0.3 is 19.9 Å². The van der Waals surface area contributed by atoms with E-state index in [0.717, 1.165) is 57.6 Å². The van der Waals surface area contributed by atoms with E-state index < -0.39 is 0 Å². The molecule has 0 radical (unpaired) electrons. The van der Waals surface area contributed by atoms with Crippen LogP contribution in [-0.4, -0.2) is 41.4 Å². The van der Waals surface area contributed by atoms with Gasteiger partial charge in [-0.2, -0.15) is 0 Å². The molecule has 21 heavy (non-hydrogen) atoms. The summed E-state index contributed by atoms with van der Waals surface area (Å²) in [5.41, 5.74) is 0. The number of aryl methyl sites for hydroxylation is 1. The molecular weight excluding hydrogens is 268 g/mol. The maximum absolute atomic E-state index is 11.8. The lowest BCUT2D eigenvalue weighted by Gasteiger charge is -2.24. The molecule has 116 valence electrons. The fraction of sp³-hybridized carbons (Fsp3) is 0.733. The van der Waals surface area contributed by atoms with Crippen LogP contribution in [0.15, 0.2) is 12.4 Å². The van der Waals surface area contributed by atoms with E-state index in [2.05, 4.69) is 20.2 Å². The first kappa shape index (κ1) is 14.4. The molecule has 1 aromatic heterocycles. The summed E-state index contributed by atoms with van der Waals surface area (Å²) in [6.07, 6.45) is 9.48. The molecule has 2 atom stereocenters. The number of hydrogen-bond acceptors (Lipinski definition) is 3. The van der Waals surface area contributed by atoms with Crippen LogP contribution in [0.3, 0.4) is 0 Å². The number of urea groups is 1. The Bertz CT molecular complexity index is 468. The minimum Gasteiger partial charge on any atom is -0.378 e. The van der Waals surface area contributed by atoms with Gasteiger partial charge in [-0.3, -0.25) is 0 Å². The van der Waals surface area contributed by atoms with E-state index in [4.69, 9.17) is 4.74 Å².